The summed E-state index contributed by atoms with van der Waals surface area (Å²) in [6.45, 7) is 5.49. The van der Waals surface area contributed by atoms with Gasteiger partial charge in [-0.15, -0.1) is 0 Å². The number of carbonyl (C=O) groups excluding carboxylic acids is 1. The molecular weight excluding hydrogens is 248 g/mol. The predicted octanol–water partition coefficient (Wildman–Crippen LogP) is 2.04. The molecule has 18 heavy (non-hydrogen) atoms. The van der Waals surface area contributed by atoms with Crippen molar-refractivity contribution in [1.29, 1.82) is 5.26 Å². The predicted molar refractivity (Wildman–Crippen MR) is 72.5 cm³/mol. The molecule has 0 bridgehead atoms. The van der Waals surface area contributed by atoms with Crippen LogP contribution in [0.3, 0.4) is 0 Å². The summed E-state index contributed by atoms with van der Waals surface area (Å²) in [5.74, 6) is -0.309. The Morgan fingerprint density at radius 3 is 2.33 bits per heavy atom. The van der Waals surface area contributed by atoms with Crippen molar-refractivity contribution in [3.8, 4) is 6.07 Å². The number of nitrogens with one attached hydrogen (secondary N) is 1. The van der Waals surface area contributed by atoms with Crippen LogP contribution in [0.25, 0.3) is 0 Å². The van der Waals surface area contributed by atoms with E-state index >= 15 is 0 Å². The second-order valence-corrected chi connectivity index (χ2v) is 7.04. The highest BCUT2D eigenvalue weighted by Crippen LogP contribution is 2.13. The van der Waals surface area contributed by atoms with E-state index in [2.05, 4.69) is 5.32 Å². The maximum Gasteiger partial charge on any atom is 0.237 e. The van der Waals surface area contributed by atoms with Crippen LogP contribution in [0.1, 0.15) is 26.3 Å². The molecule has 0 fully saturated rings. The van der Waals surface area contributed by atoms with Gasteiger partial charge in [0.15, 0.2) is 0 Å². The van der Waals surface area contributed by atoms with Gasteiger partial charge in [0.25, 0.3) is 0 Å². The SMILES string of the molecule is CC(C)(C)S(=O)CC(=O)Nc1ccc(C#N)cc1. The maximum atomic E-state index is 11.8. The molecule has 5 heteroatoms. The van der Waals surface area contributed by atoms with Gasteiger partial charge in [0.05, 0.1) is 11.6 Å². The van der Waals surface area contributed by atoms with E-state index < -0.39 is 15.5 Å². The molecule has 0 aliphatic carbocycles. The molecule has 4 nitrogen and oxygen atoms in total. The zero-order chi connectivity index (χ0) is 13.8. The molecule has 0 aliphatic heterocycles. The standard InChI is InChI=1S/C13H16N2O2S/c1-13(2,3)18(17)9-12(16)15-11-6-4-10(8-14)5-7-11/h4-7H,9H2,1-3H3,(H,15,16). The molecule has 1 N–H and O–H groups in total. The molecule has 1 rings (SSSR count). The Morgan fingerprint density at radius 2 is 1.89 bits per heavy atom. The fourth-order valence-corrected chi connectivity index (χ4v) is 1.90. The molecule has 0 spiro atoms. The average molecular weight is 264 g/mol. The fourth-order valence-electron chi connectivity index (χ4n) is 1.16. The summed E-state index contributed by atoms with van der Waals surface area (Å²) < 4.78 is 11.4. The number of nitrogens with zero attached hydrogens (tertiary/aromatic N) is 1. The summed E-state index contributed by atoms with van der Waals surface area (Å²) in [4.78, 5) is 11.7. The Morgan fingerprint density at radius 1 is 1.33 bits per heavy atom. The molecule has 0 saturated heterocycles. The normalized spacial score (nSPS) is 12.6. The van der Waals surface area contributed by atoms with E-state index in [0.717, 1.165) is 0 Å². The van der Waals surface area contributed by atoms with Crippen molar-refractivity contribution in [1.82, 2.24) is 0 Å². The highest BCUT2D eigenvalue weighted by atomic mass is 32.2. The lowest BCUT2D eigenvalue weighted by Gasteiger charge is -2.17. The third kappa shape index (κ3) is 4.30. The third-order valence-electron chi connectivity index (χ3n) is 2.24. The number of rotatable bonds is 3. The van der Waals surface area contributed by atoms with Crippen molar-refractivity contribution in [3.63, 3.8) is 0 Å². The number of hydrogen-bond acceptors (Lipinski definition) is 3. The molecule has 0 heterocycles. The number of nitriles is 1. The Balaban J connectivity index is 2.60. The number of carbonyl (C=O) groups is 1. The smallest absolute Gasteiger partial charge is 0.237 e. The van der Waals surface area contributed by atoms with E-state index in [1.54, 1.807) is 24.3 Å². The highest BCUT2D eigenvalue weighted by Gasteiger charge is 2.21. The van der Waals surface area contributed by atoms with Crippen molar-refractivity contribution in [2.45, 2.75) is 25.5 Å². The van der Waals surface area contributed by atoms with Crippen LogP contribution in [0.5, 0.6) is 0 Å². The maximum absolute atomic E-state index is 11.8. The van der Waals surface area contributed by atoms with Gasteiger partial charge in [-0.05, 0) is 45.0 Å². The molecule has 0 aliphatic rings. The van der Waals surface area contributed by atoms with Crippen molar-refractivity contribution in [2.24, 2.45) is 0 Å². The number of hydrogen-bond donors (Lipinski definition) is 1. The van der Waals surface area contributed by atoms with Crippen LogP contribution < -0.4 is 5.32 Å². The lowest BCUT2D eigenvalue weighted by molar-refractivity contribution is -0.113. The van der Waals surface area contributed by atoms with Crippen molar-refractivity contribution in [2.75, 3.05) is 11.1 Å². The van der Waals surface area contributed by atoms with Gasteiger partial charge in [0.1, 0.15) is 5.75 Å². The van der Waals surface area contributed by atoms with Gasteiger partial charge in [0.2, 0.25) is 5.91 Å². The van der Waals surface area contributed by atoms with Crippen molar-refractivity contribution < 1.29 is 9.00 Å². The van der Waals surface area contributed by atoms with Crippen molar-refractivity contribution >= 4 is 22.4 Å². The summed E-state index contributed by atoms with van der Waals surface area (Å²) in [5, 5.41) is 11.3. The number of anilines is 1. The Kier molecular flexibility index (Phi) is 4.62. The summed E-state index contributed by atoms with van der Waals surface area (Å²) in [7, 11) is -1.21. The van der Waals surface area contributed by atoms with E-state index in [1.165, 1.54) is 0 Å². The molecule has 0 aromatic heterocycles. The average Bonchev–Trinajstić information content (AvgIpc) is 2.28. The fraction of sp³-hybridized carbons (Fsp3) is 0.385. The quantitative estimate of drug-likeness (QED) is 0.908. The molecule has 1 aromatic rings. The van der Waals surface area contributed by atoms with Crippen LogP contribution in [-0.2, 0) is 15.6 Å². The van der Waals surface area contributed by atoms with Gasteiger partial charge < -0.3 is 5.32 Å². The first kappa shape index (κ1) is 14.4. The van der Waals surface area contributed by atoms with Gasteiger partial charge in [-0.3, -0.25) is 9.00 Å². The topological polar surface area (TPSA) is 70.0 Å². The number of amides is 1. The summed E-state index contributed by atoms with van der Waals surface area (Å²) >= 11 is 0. The minimum atomic E-state index is -1.21. The Bertz CT molecular complexity index is 495. The van der Waals surface area contributed by atoms with E-state index in [4.69, 9.17) is 5.26 Å². The van der Waals surface area contributed by atoms with Gasteiger partial charge in [-0.1, -0.05) is 0 Å². The molecule has 1 atom stereocenters. The molecule has 1 amide bonds. The zero-order valence-corrected chi connectivity index (χ0v) is 11.5. The van der Waals surface area contributed by atoms with Crippen LogP contribution >= 0.6 is 0 Å². The van der Waals surface area contributed by atoms with E-state index in [1.807, 2.05) is 26.8 Å². The first-order valence-electron chi connectivity index (χ1n) is 5.51. The van der Waals surface area contributed by atoms with Gasteiger partial charge in [0, 0.05) is 21.2 Å². The second-order valence-electron chi connectivity index (χ2n) is 4.84. The van der Waals surface area contributed by atoms with Crippen LogP contribution in [0.2, 0.25) is 0 Å². The van der Waals surface area contributed by atoms with Crippen LogP contribution in [0, 0.1) is 11.3 Å². The highest BCUT2D eigenvalue weighted by molar-refractivity contribution is 7.87. The van der Waals surface area contributed by atoms with E-state index in [9.17, 15) is 9.00 Å². The Hall–Kier alpha value is -1.67. The van der Waals surface area contributed by atoms with Gasteiger partial charge in [-0.2, -0.15) is 5.26 Å². The molecule has 0 saturated carbocycles. The number of benzene rings is 1. The largest absolute Gasteiger partial charge is 0.325 e. The van der Waals surface area contributed by atoms with Crippen LogP contribution in [-0.4, -0.2) is 20.6 Å². The van der Waals surface area contributed by atoms with Crippen molar-refractivity contribution in [3.05, 3.63) is 29.8 Å². The first-order valence-corrected chi connectivity index (χ1v) is 6.83. The molecule has 0 radical (unpaired) electrons. The lowest BCUT2D eigenvalue weighted by atomic mass is 10.2. The monoisotopic (exact) mass is 264 g/mol. The molecule has 96 valence electrons. The summed E-state index contributed by atoms with van der Waals surface area (Å²) in [6.07, 6.45) is 0. The molecule has 1 aromatic carbocycles. The Labute approximate surface area is 109 Å². The zero-order valence-electron chi connectivity index (χ0n) is 10.7. The van der Waals surface area contributed by atoms with Crippen LogP contribution in [0.4, 0.5) is 5.69 Å². The summed E-state index contributed by atoms with van der Waals surface area (Å²) in [5.41, 5.74) is 1.14. The third-order valence-corrected chi connectivity index (χ3v) is 4.13. The van der Waals surface area contributed by atoms with E-state index in [-0.39, 0.29) is 11.7 Å². The summed E-state index contributed by atoms with van der Waals surface area (Å²) in [6, 6.07) is 8.54. The minimum absolute atomic E-state index is 0.0243. The van der Waals surface area contributed by atoms with E-state index in [0.29, 0.717) is 11.3 Å². The molecule has 1 unspecified atom stereocenters. The van der Waals surface area contributed by atoms with Gasteiger partial charge >= 0.3 is 0 Å². The second kappa shape index (κ2) is 5.78. The first-order chi connectivity index (χ1) is 8.32. The van der Waals surface area contributed by atoms with Gasteiger partial charge in [-0.25, -0.2) is 0 Å². The lowest BCUT2D eigenvalue weighted by Crippen LogP contribution is -2.30. The minimum Gasteiger partial charge on any atom is -0.325 e. The molecular formula is C13H16N2O2S. The van der Waals surface area contributed by atoms with Crippen LogP contribution in [0.15, 0.2) is 24.3 Å².